The summed E-state index contributed by atoms with van der Waals surface area (Å²) in [7, 11) is 0. The van der Waals surface area contributed by atoms with Gasteiger partial charge in [-0.1, -0.05) is 48.5 Å². The van der Waals surface area contributed by atoms with Gasteiger partial charge in [0.1, 0.15) is 35.3 Å². The Labute approximate surface area is 292 Å². The van der Waals surface area contributed by atoms with E-state index in [1.807, 2.05) is 0 Å². The van der Waals surface area contributed by atoms with Gasteiger partial charge in [-0.3, -0.25) is 0 Å². The second kappa shape index (κ2) is 15.7. The molecule has 13 nitrogen and oxygen atoms in total. The highest BCUT2D eigenvalue weighted by molar-refractivity contribution is 6.99. The molecule has 0 radical (unpaired) electrons. The molecule has 1 aromatic heterocycles. The molecule has 264 valence electrons. The number of morpholine rings is 1. The van der Waals surface area contributed by atoms with Gasteiger partial charge in [0.05, 0.1) is 24.9 Å². The van der Waals surface area contributed by atoms with Gasteiger partial charge in [0.2, 0.25) is 5.82 Å². The van der Waals surface area contributed by atoms with Crippen molar-refractivity contribution in [3.05, 3.63) is 82.9 Å². The Morgan fingerprint density at radius 3 is 1.92 bits per heavy atom. The first-order valence-electron chi connectivity index (χ1n) is 16.0. The van der Waals surface area contributed by atoms with Crippen LogP contribution in [0.25, 0.3) is 21.5 Å². The molecule has 4 aromatic carbocycles. The number of benzene rings is 4. The summed E-state index contributed by atoms with van der Waals surface area (Å²) in [6.07, 6.45) is -0.621. The lowest BCUT2D eigenvalue weighted by Gasteiger charge is -2.27. The van der Waals surface area contributed by atoms with Crippen LogP contribution in [0.15, 0.2) is 60.7 Å². The first kappa shape index (κ1) is 36.3. The van der Waals surface area contributed by atoms with Crippen LogP contribution in [-0.2, 0) is 11.2 Å². The Kier molecular flexibility index (Phi) is 11.4. The summed E-state index contributed by atoms with van der Waals surface area (Å²) in [4.78, 5) is 25.3. The van der Waals surface area contributed by atoms with Gasteiger partial charge >= 0.3 is 11.9 Å². The van der Waals surface area contributed by atoms with Crippen molar-refractivity contribution >= 4 is 51.0 Å². The van der Waals surface area contributed by atoms with E-state index in [-0.39, 0.29) is 29.7 Å². The topological polar surface area (TPSA) is 195 Å². The number of aromatic hydroxyl groups is 2. The van der Waals surface area contributed by atoms with E-state index in [1.54, 1.807) is 48.5 Å². The van der Waals surface area contributed by atoms with Crippen molar-refractivity contribution < 1.29 is 44.6 Å². The van der Waals surface area contributed by atoms with E-state index in [0.717, 1.165) is 30.6 Å². The van der Waals surface area contributed by atoms with E-state index in [0.29, 0.717) is 58.3 Å². The second-order valence-corrected chi connectivity index (χ2v) is 13.3. The van der Waals surface area contributed by atoms with E-state index in [4.69, 9.17) is 9.47 Å². The molecule has 0 amide bonds. The Morgan fingerprint density at radius 1 is 0.900 bits per heavy atom. The Bertz CT molecular complexity index is 1890. The SMILES string of the molecule is CC(C)(C)NC[C@H](O)COc1nsnc1N1CCOCC1.O=C(O)c1cc2ccccc2c(Cc2c(O)c(C(=O)O)cc3ccccc23)c1O. The molecule has 5 aromatic rings. The minimum atomic E-state index is -1.28. The number of nitrogens with zero attached hydrogens (tertiary/aromatic N) is 3. The first-order chi connectivity index (χ1) is 23.8. The molecular formula is C36H40N4O9S. The summed E-state index contributed by atoms with van der Waals surface area (Å²) in [5.41, 5.74) is 0.0861. The minimum Gasteiger partial charge on any atom is -0.507 e. The van der Waals surface area contributed by atoms with E-state index in [2.05, 4.69) is 39.7 Å². The molecule has 1 aliphatic rings. The van der Waals surface area contributed by atoms with Gasteiger partial charge in [-0.2, -0.15) is 4.37 Å². The van der Waals surface area contributed by atoms with Crippen molar-refractivity contribution in [2.24, 2.45) is 0 Å². The van der Waals surface area contributed by atoms with Crippen molar-refractivity contribution in [2.75, 3.05) is 44.4 Å². The second-order valence-electron chi connectivity index (χ2n) is 12.8. The van der Waals surface area contributed by atoms with E-state index in [9.17, 15) is 35.1 Å². The zero-order chi connectivity index (χ0) is 36.0. The molecule has 1 saturated heterocycles. The number of ether oxygens (including phenoxy) is 2. The predicted octanol–water partition coefficient (Wildman–Crippen LogP) is 4.89. The van der Waals surface area contributed by atoms with Crippen molar-refractivity contribution in [3.8, 4) is 17.4 Å². The lowest BCUT2D eigenvalue weighted by atomic mass is 9.90. The van der Waals surface area contributed by atoms with E-state index in [1.165, 1.54) is 12.1 Å². The molecule has 1 aliphatic heterocycles. The first-order valence-corrected chi connectivity index (χ1v) is 16.7. The fourth-order valence-corrected chi connectivity index (χ4v) is 6.10. The van der Waals surface area contributed by atoms with Gasteiger partial charge in [0.15, 0.2) is 0 Å². The molecule has 0 bridgehead atoms. The number of fused-ring (bicyclic) bond motifs is 2. The molecule has 0 unspecified atom stereocenters. The number of aromatic nitrogens is 2. The minimum absolute atomic E-state index is 0.0257. The van der Waals surface area contributed by atoms with Gasteiger partial charge in [-0.25, -0.2) is 9.59 Å². The van der Waals surface area contributed by atoms with E-state index >= 15 is 0 Å². The number of nitrogens with one attached hydrogen (secondary N) is 1. The van der Waals surface area contributed by atoms with Crippen molar-refractivity contribution in [3.63, 3.8) is 0 Å². The Balaban J connectivity index is 0.000000205. The summed E-state index contributed by atoms with van der Waals surface area (Å²) in [6, 6.07) is 16.8. The normalized spacial score (nSPS) is 13.9. The van der Waals surface area contributed by atoms with Gasteiger partial charge in [0.25, 0.3) is 5.88 Å². The quantitative estimate of drug-likeness (QED) is 0.115. The lowest BCUT2D eigenvalue weighted by molar-refractivity contribution is 0.0682. The number of β-amino-alcohol motifs (C(OH)–C–C–N with tert-alkyl or cyclic N) is 1. The van der Waals surface area contributed by atoms with Crippen LogP contribution in [0, 0.1) is 0 Å². The van der Waals surface area contributed by atoms with Crippen LogP contribution in [-0.4, -0.2) is 97.3 Å². The lowest BCUT2D eigenvalue weighted by Crippen LogP contribution is -2.42. The molecule has 6 N–H and O–H groups in total. The Hall–Kier alpha value is -5.02. The third-order valence-electron chi connectivity index (χ3n) is 8.10. The zero-order valence-corrected chi connectivity index (χ0v) is 28.7. The third kappa shape index (κ3) is 8.58. The molecule has 50 heavy (non-hydrogen) atoms. The number of hydrogen-bond donors (Lipinski definition) is 6. The molecular weight excluding hydrogens is 664 g/mol. The number of aromatic carboxylic acids is 2. The molecule has 1 atom stereocenters. The van der Waals surface area contributed by atoms with Crippen LogP contribution in [0.4, 0.5) is 5.82 Å². The third-order valence-corrected chi connectivity index (χ3v) is 8.60. The highest BCUT2D eigenvalue weighted by Crippen LogP contribution is 2.38. The summed E-state index contributed by atoms with van der Waals surface area (Å²) in [6.45, 7) is 9.81. The van der Waals surface area contributed by atoms with Gasteiger partial charge in [-0.05, 0) is 54.4 Å². The number of aliphatic hydroxyl groups is 1. The highest BCUT2D eigenvalue weighted by atomic mass is 32.1. The summed E-state index contributed by atoms with van der Waals surface area (Å²) < 4.78 is 19.4. The largest absolute Gasteiger partial charge is 0.507 e. The predicted molar refractivity (Wildman–Crippen MR) is 190 cm³/mol. The van der Waals surface area contributed by atoms with E-state index < -0.39 is 29.5 Å². The number of hydrogen-bond acceptors (Lipinski definition) is 12. The van der Waals surface area contributed by atoms with Crippen molar-refractivity contribution in [1.82, 2.24) is 14.1 Å². The number of carboxylic acid groups (broad SMARTS) is 2. The maximum absolute atomic E-state index is 11.6. The van der Waals surface area contributed by atoms with Crippen LogP contribution in [0.3, 0.4) is 0 Å². The number of carboxylic acids is 2. The molecule has 0 aliphatic carbocycles. The zero-order valence-electron chi connectivity index (χ0n) is 27.9. The van der Waals surface area contributed by atoms with Crippen LogP contribution < -0.4 is 15.0 Å². The number of aliphatic hydroxyl groups excluding tert-OH is 1. The van der Waals surface area contributed by atoms with Crippen LogP contribution in [0.2, 0.25) is 0 Å². The van der Waals surface area contributed by atoms with Gasteiger partial charge in [0, 0.05) is 42.7 Å². The standard InChI is InChI=1S/C23H16O6.C13H24N4O3S/c24-20-16(14-7-3-1-5-12(14)9-18(20)22(26)27)11-17-15-8-4-2-6-13(15)10-19(21(17)25)23(28)29;1-13(2,3)14-8-10(18)9-20-12-11(15-21-16-12)17-4-6-19-7-5-17/h1-10,24-25H,11H2,(H,26,27)(H,28,29);10,14,18H,4-9H2,1-3H3/t;10-/m.0/s1. The molecule has 0 spiro atoms. The average molecular weight is 705 g/mol. The molecule has 14 heteroatoms. The van der Waals surface area contributed by atoms with Crippen LogP contribution in [0.1, 0.15) is 52.6 Å². The van der Waals surface area contributed by atoms with Crippen molar-refractivity contribution in [1.29, 1.82) is 0 Å². The number of phenols is 2. The summed E-state index contributed by atoms with van der Waals surface area (Å²) in [5, 5.41) is 56.0. The smallest absolute Gasteiger partial charge is 0.339 e. The monoisotopic (exact) mass is 704 g/mol. The number of carbonyl (C=O) groups is 2. The summed E-state index contributed by atoms with van der Waals surface area (Å²) >= 11 is 1.12. The molecule has 2 heterocycles. The average Bonchev–Trinajstić information content (AvgIpc) is 3.57. The van der Waals surface area contributed by atoms with Gasteiger partial charge in [-0.15, -0.1) is 4.37 Å². The Morgan fingerprint density at radius 2 is 1.42 bits per heavy atom. The maximum atomic E-state index is 11.6. The molecule has 0 saturated carbocycles. The highest BCUT2D eigenvalue weighted by Gasteiger charge is 2.23. The molecule has 1 fully saturated rings. The molecule has 6 rings (SSSR count). The fraction of sp³-hybridized carbons (Fsp3) is 0.333. The summed E-state index contributed by atoms with van der Waals surface area (Å²) in [5.74, 6) is -2.11. The van der Waals surface area contributed by atoms with Crippen molar-refractivity contribution in [2.45, 2.75) is 38.8 Å². The van der Waals surface area contributed by atoms with Crippen LogP contribution in [0.5, 0.6) is 17.4 Å². The number of anilines is 1. The fourth-order valence-electron chi connectivity index (χ4n) is 5.58. The maximum Gasteiger partial charge on any atom is 0.339 e. The number of rotatable bonds is 10. The van der Waals surface area contributed by atoms with Crippen LogP contribution >= 0.6 is 11.7 Å². The van der Waals surface area contributed by atoms with Gasteiger partial charge < -0.3 is 45.2 Å².